The molecule has 2 aliphatic carbocycles. The normalized spacial score (nSPS) is 26.5. The van der Waals surface area contributed by atoms with Crippen LogP contribution in [-0.2, 0) is 35.1 Å². The smallest absolute Gasteiger partial charge is 0.328 e. The molecular formula is C43H58O9. The Morgan fingerprint density at radius 2 is 1.54 bits per heavy atom. The van der Waals surface area contributed by atoms with E-state index in [0.717, 1.165) is 79.4 Å². The van der Waals surface area contributed by atoms with Crippen LogP contribution in [0.4, 0.5) is 0 Å². The summed E-state index contributed by atoms with van der Waals surface area (Å²) in [5, 5.41) is 19.8. The van der Waals surface area contributed by atoms with Crippen molar-refractivity contribution < 1.29 is 43.4 Å². The van der Waals surface area contributed by atoms with Crippen LogP contribution in [0, 0.1) is 5.92 Å². The van der Waals surface area contributed by atoms with E-state index >= 15 is 0 Å². The second kappa shape index (κ2) is 18.1. The van der Waals surface area contributed by atoms with Gasteiger partial charge in [-0.2, -0.15) is 0 Å². The Hall–Kier alpha value is -3.31. The monoisotopic (exact) mass is 718 g/mol. The Balaban J connectivity index is 1.19. The Morgan fingerprint density at radius 3 is 2.17 bits per heavy atom. The van der Waals surface area contributed by atoms with Gasteiger partial charge >= 0.3 is 5.97 Å². The SMILES string of the molecule is C=C(C/C=C/[C@H]1OC2(CCCC2)O[C@@H]1C(=C)[C@H]1OC2(CCCC2)O[C@@H]1C(=C)C/C=C/C(C)=C/C(=O)O)C[C@@H](C)[C@H](O)COCc1ccc(OC)cc1. The molecule has 2 saturated heterocycles. The predicted molar refractivity (Wildman–Crippen MR) is 201 cm³/mol. The third kappa shape index (κ3) is 10.4. The minimum Gasteiger partial charge on any atom is -0.497 e. The molecule has 52 heavy (non-hydrogen) atoms. The summed E-state index contributed by atoms with van der Waals surface area (Å²) in [6, 6.07) is 7.71. The number of benzene rings is 1. The molecule has 1 aromatic carbocycles. The van der Waals surface area contributed by atoms with Gasteiger partial charge in [-0.1, -0.05) is 68.7 Å². The molecule has 0 amide bonds. The number of methoxy groups -OCH3 is 1. The van der Waals surface area contributed by atoms with E-state index in [1.807, 2.05) is 37.3 Å². The van der Waals surface area contributed by atoms with Gasteiger partial charge < -0.3 is 38.6 Å². The topological polar surface area (TPSA) is 113 Å². The van der Waals surface area contributed by atoms with Crippen molar-refractivity contribution in [2.45, 2.75) is 133 Å². The average molecular weight is 719 g/mol. The van der Waals surface area contributed by atoms with Gasteiger partial charge in [0.25, 0.3) is 0 Å². The van der Waals surface area contributed by atoms with E-state index in [9.17, 15) is 9.90 Å². The van der Waals surface area contributed by atoms with Crippen LogP contribution in [0.5, 0.6) is 5.75 Å². The molecule has 2 heterocycles. The van der Waals surface area contributed by atoms with Crippen LogP contribution in [0.3, 0.4) is 0 Å². The standard InChI is InChI=1S/C43H58O9/c1-29(25-32(4)36(44)28-48-27-34-17-19-35(47-6)20-18-34)14-12-16-37-40(51-42(49-37)21-7-8-22-42)33(5)41-39(50-43(52-41)23-9-10-24-43)31(3)15-11-13-30(2)26-38(45)46/h11-13,16-20,26,32,36-37,39-41,44H,1,3,5,7-10,14-15,21-25,27-28H2,2,4,6H3,(H,45,46)/b13-11+,16-12+,30-26+/t32-,36-,37-,39-,40-,41-/m1/s1. The van der Waals surface area contributed by atoms with Crippen molar-refractivity contribution in [3.05, 3.63) is 102 Å². The highest BCUT2D eigenvalue weighted by Gasteiger charge is 2.55. The molecule has 0 radical (unpaired) electrons. The summed E-state index contributed by atoms with van der Waals surface area (Å²) in [6.45, 7) is 17.7. The van der Waals surface area contributed by atoms with Crippen LogP contribution in [-0.4, -0.2) is 72.0 Å². The molecule has 0 bridgehead atoms. The molecule has 2 saturated carbocycles. The van der Waals surface area contributed by atoms with Crippen molar-refractivity contribution in [1.29, 1.82) is 0 Å². The number of carbonyl (C=O) groups is 1. The number of carboxylic acid groups (broad SMARTS) is 1. The van der Waals surface area contributed by atoms with Crippen LogP contribution in [0.25, 0.3) is 0 Å². The lowest BCUT2D eigenvalue weighted by atomic mass is 9.92. The molecule has 2 aliphatic heterocycles. The largest absolute Gasteiger partial charge is 0.497 e. The van der Waals surface area contributed by atoms with Gasteiger partial charge in [-0.25, -0.2) is 4.79 Å². The molecule has 6 atom stereocenters. The summed E-state index contributed by atoms with van der Waals surface area (Å²) in [4.78, 5) is 11.1. The van der Waals surface area contributed by atoms with E-state index in [0.29, 0.717) is 31.4 Å². The first-order valence-corrected chi connectivity index (χ1v) is 18.8. The maximum absolute atomic E-state index is 11.1. The molecule has 0 aromatic heterocycles. The number of allylic oxidation sites excluding steroid dienone is 5. The zero-order valence-corrected chi connectivity index (χ0v) is 31.2. The van der Waals surface area contributed by atoms with Crippen molar-refractivity contribution in [2.24, 2.45) is 5.92 Å². The summed E-state index contributed by atoms with van der Waals surface area (Å²) in [5.74, 6) is -1.50. The van der Waals surface area contributed by atoms with Gasteiger partial charge in [-0.3, -0.25) is 0 Å². The Morgan fingerprint density at radius 1 is 0.923 bits per heavy atom. The zero-order valence-electron chi connectivity index (χ0n) is 31.2. The third-order valence-electron chi connectivity index (χ3n) is 10.6. The molecule has 9 nitrogen and oxygen atoms in total. The molecule has 4 aliphatic rings. The first-order valence-electron chi connectivity index (χ1n) is 18.8. The highest BCUT2D eigenvalue weighted by atomic mass is 16.8. The number of hydrogen-bond acceptors (Lipinski definition) is 8. The molecule has 9 heteroatoms. The van der Waals surface area contributed by atoms with Gasteiger partial charge in [0.05, 0.1) is 26.4 Å². The molecule has 5 rings (SSSR count). The summed E-state index contributed by atoms with van der Waals surface area (Å²) in [6.07, 6.45) is 16.0. The van der Waals surface area contributed by atoms with Crippen LogP contribution in [0.1, 0.15) is 90.0 Å². The van der Waals surface area contributed by atoms with Crippen LogP contribution < -0.4 is 4.74 Å². The van der Waals surface area contributed by atoms with Crippen molar-refractivity contribution in [3.63, 3.8) is 0 Å². The Labute approximate surface area is 309 Å². The average Bonchev–Trinajstić information content (AvgIpc) is 3.93. The van der Waals surface area contributed by atoms with Crippen molar-refractivity contribution in [1.82, 2.24) is 0 Å². The van der Waals surface area contributed by atoms with Crippen LogP contribution in [0.2, 0.25) is 0 Å². The second-order valence-corrected chi connectivity index (χ2v) is 15.0. The molecule has 284 valence electrons. The lowest BCUT2D eigenvalue weighted by molar-refractivity contribution is -0.170. The number of rotatable bonds is 18. The lowest BCUT2D eigenvalue weighted by Gasteiger charge is -2.27. The Bertz CT molecular complexity index is 1490. The fourth-order valence-electron chi connectivity index (χ4n) is 7.69. The lowest BCUT2D eigenvalue weighted by Crippen LogP contribution is -2.36. The number of hydrogen-bond donors (Lipinski definition) is 2. The zero-order chi connectivity index (χ0) is 37.3. The van der Waals surface area contributed by atoms with Crippen LogP contribution in [0.15, 0.2) is 96.7 Å². The fourth-order valence-corrected chi connectivity index (χ4v) is 7.69. The maximum atomic E-state index is 11.1. The fraction of sp³-hybridized carbons (Fsp3) is 0.558. The Kier molecular flexibility index (Phi) is 13.9. The van der Waals surface area contributed by atoms with Gasteiger partial charge in [-0.15, -0.1) is 0 Å². The van der Waals surface area contributed by atoms with Crippen LogP contribution >= 0.6 is 0 Å². The van der Waals surface area contributed by atoms with Gasteiger partial charge in [0, 0.05) is 31.8 Å². The van der Waals surface area contributed by atoms with E-state index in [2.05, 4.69) is 31.9 Å². The summed E-state index contributed by atoms with van der Waals surface area (Å²) in [5.41, 5.74) is 4.30. The van der Waals surface area contributed by atoms with E-state index in [1.165, 1.54) is 6.08 Å². The quantitative estimate of drug-likeness (QED) is 0.0880. The number of aliphatic hydroxyl groups excluding tert-OH is 1. The summed E-state index contributed by atoms with van der Waals surface area (Å²) >= 11 is 0. The minimum absolute atomic E-state index is 0.0171. The third-order valence-corrected chi connectivity index (χ3v) is 10.6. The molecule has 0 unspecified atom stereocenters. The number of aliphatic carboxylic acids is 1. The van der Waals surface area contributed by atoms with Gasteiger partial charge in [0.2, 0.25) is 0 Å². The van der Waals surface area contributed by atoms with E-state index in [4.69, 9.17) is 33.5 Å². The second-order valence-electron chi connectivity index (χ2n) is 15.0. The van der Waals surface area contributed by atoms with E-state index < -0.39 is 42.0 Å². The predicted octanol–water partition coefficient (Wildman–Crippen LogP) is 8.30. The van der Waals surface area contributed by atoms with E-state index in [1.54, 1.807) is 20.1 Å². The molecule has 2 spiro atoms. The molecule has 2 N–H and O–H groups in total. The highest BCUT2D eigenvalue weighted by molar-refractivity contribution is 5.81. The van der Waals surface area contributed by atoms with Gasteiger partial charge in [0.15, 0.2) is 11.6 Å². The maximum Gasteiger partial charge on any atom is 0.328 e. The van der Waals surface area contributed by atoms with Gasteiger partial charge in [0.1, 0.15) is 30.2 Å². The number of carboxylic acids is 1. The van der Waals surface area contributed by atoms with Crippen molar-refractivity contribution in [2.75, 3.05) is 13.7 Å². The first-order chi connectivity index (χ1) is 24.9. The van der Waals surface area contributed by atoms with E-state index in [-0.39, 0.29) is 18.6 Å². The van der Waals surface area contributed by atoms with Gasteiger partial charge in [-0.05, 0) is 92.2 Å². The highest BCUT2D eigenvalue weighted by Crippen LogP contribution is 2.49. The molecular weight excluding hydrogens is 660 g/mol. The minimum atomic E-state index is -0.976. The molecule has 1 aromatic rings. The van der Waals surface area contributed by atoms with Crippen molar-refractivity contribution >= 4 is 5.97 Å². The summed E-state index contributed by atoms with van der Waals surface area (Å²) in [7, 11) is 1.64. The number of ether oxygens (including phenoxy) is 6. The summed E-state index contributed by atoms with van der Waals surface area (Å²) < 4.78 is 37.9. The van der Waals surface area contributed by atoms with Crippen molar-refractivity contribution in [3.8, 4) is 5.75 Å². The first kappa shape index (κ1) is 39.9. The molecule has 4 fully saturated rings. The number of aliphatic hydroxyl groups is 1.